The van der Waals surface area contributed by atoms with E-state index < -0.39 is 11.7 Å². The summed E-state index contributed by atoms with van der Waals surface area (Å²) in [6.45, 7) is 3.03. The molecule has 0 atom stereocenters. The summed E-state index contributed by atoms with van der Waals surface area (Å²) >= 11 is 0. The van der Waals surface area contributed by atoms with Crippen LogP contribution in [0.4, 0.5) is 29.6 Å². The van der Waals surface area contributed by atoms with E-state index in [2.05, 4.69) is 15.3 Å². The van der Waals surface area contributed by atoms with Crippen molar-refractivity contribution in [1.29, 1.82) is 0 Å². The van der Waals surface area contributed by atoms with E-state index in [4.69, 9.17) is 0 Å². The first-order valence-corrected chi connectivity index (χ1v) is 8.10. The van der Waals surface area contributed by atoms with Gasteiger partial charge in [-0.05, 0) is 30.7 Å². The fourth-order valence-electron chi connectivity index (χ4n) is 2.72. The summed E-state index contributed by atoms with van der Waals surface area (Å²) in [7, 11) is 0. The number of nitrogens with zero attached hydrogens (tertiary/aromatic N) is 4. The third-order valence-electron chi connectivity index (χ3n) is 4.10. The number of hydrogen-bond acceptors (Lipinski definition) is 4. The molecule has 2 aromatic rings. The van der Waals surface area contributed by atoms with Gasteiger partial charge in [-0.1, -0.05) is 6.07 Å². The zero-order valence-corrected chi connectivity index (χ0v) is 14.1. The second kappa shape index (κ2) is 7.19. The van der Waals surface area contributed by atoms with E-state index in [1.165, 1.54) is 12.3 Å². The molecule has 1 saturated heterocycles. The summed E-state index contributed by atoms with van der Waals surface area (Å²) in [5, 5.41) is 2.69. The molecule has 1 N–H and O–H groups in total. The number of carbonyl (C=O) groups is 1. The molecule has 0 aliphatic carbocycles. The summed E-state index contributed by atoms with van der Waals surface area (Å²) in [6, 6.07) is 5.50. The molecule has 0 radical (unpaired) electrons. The number of piperazine rings is 1. The molecule has 1 aliphatic rings. The Morgan fingerprint density at radius 2 is 1.85 bits per heavy atom. The van der Waals surface area contributed by atoms with Crippen LogP contribution in [0.15, 0.2) is 36.7 Å². The molecule has 0 aromatic carbocycles. The van der Waals surface area contributed by atoms with Gasteiger partial charge in [-0.25, -0.2) is 14.8 Å². The quantitative estimate of drug-likeness (QED) is 0.888. The summed E-state index contributed by atoms with van der Waals surface area (Å²) in [4.78, 5) is 23.4. The standard InChI is InChI=1S/C17H18F3N5O/c1-12-4-5-14(22-11-12)23-16(26)25-9-7-24(8-10-25)15-13(17(18,19)20)3-2-6-21-15/h2-6,11H,7-10H2,1H3,(H,22,23,26). The van der Waals surface area contributed by atoms with Gasteiger partial charge in [0, 0.05) is 38.6 Å². The smallest absolute Gasteiger partial charge is 0.353 e. The molecule has 0 bridgehead atoms. The number of nitrogens with one attached hydrogen (secondary N) is 1. The van der Waals surface area contributed by atoms with Crippen LogP contribution in [-0.2, 0) is 6.18 Å². The van der Waals surface area contributed by atoms with E-state index in [1.807, 2.05) is 13.0 Å². The molecule has 1 aliphatic heterocycles. The van der Waals surface area contributed by atoms with Crippen LogP contribution in [0.1, 0.15) is 11.1 Å². The van der Waals surface area contributed by atoms with Crippen molar-refractivity contribution in [3.05, 3.63) is 47.8 Å². The maximum atomic E-state index is 13.1. The lowest BCUT2D eigenvalue weighted by atomic mass is 10.2. The van der Waals surface area contributed by atoms with Gasteiger partial charge in [0.1, 0.15) is 11.6 Å². The minimum Gasteiger partial charge on any atom is -0.353 e. The predicted molar refractivity (Wildman–Crippen MR) is 91.0 cm³/mol. The molecular weight excluding hydrogens is 347 g/mol. The molecule has 0 unspecified atom stereocenters. The molecule has 0 saturated carbocycles. The van der Waals surface area contributed by atoms with Crippen LogP contribution in [0.5, 0.6) is 0 Å². The number of alkyl halides is 3. The first kappa shape index (κ1) is 18.0. The Morgan fingerprint density at radius 1 is 1.12 bits per heavy atom. The van der Waals surface area contributed by atoms with Gasteiger partial charge >= 0.3 is 12.2 Å². The lowest BCUT2D eigenvalue weighted by molar-refractivity contribution is -0.137. The Balaban J connectivity index is 1.63. The third kappa shape index (κ3) is 4.04. The van der Waals surface area contributed by atoms with Gasteiger partial charge in [0.15, 0.2) is 0 Å². The maximum absolute atomic E-state index is 13.1. The minimum absolute atomic E-state index is 0.0970. The molecule has 26 heavy (non-hydrogen) atoms. The van der Waals surface area contributed by atoms with Crippen molar-refractivity contribution in [2.75, 3.05) is 36.4 Å². The van der Waals surface area contributed by atoms with Crippen LogP contribution in [0.3, 0.4) is 0 Å². The number of urea groups is 1. The van der Waals surface area contributed by atoms with Gasteiger partial charge in [-0.3, -0.25) is 5.32 Å². The highest BCUT2D eigenvalue weighted by Gasteiger charge is 2.36. The molecule has 2 aromatic heterocycles. The van der Waals surface area contributed by atoms with Gasteiger partial charge in [0.05, 0.1) is 5.56 Å². The molecular formula is C17H18F3N5O. The minimum atomic E-state index is -4.46. The van der Waals surface area contributed by atoms with Crippen LogP contribution in [0, 0.1) is 6.92 Å². The molecule has 3 heterocycles. The van der Waals surface area contributed by atoms with E-state index in [9.17, 15) is 18.0 Å². The highest BCUT2D eigenvalue weighted by Crippen LogP contribution is 2.35. The van der Waals surface area contributed by atoms with Crippen molar-refractivity contribution < 1.29 is 18.0 Å². The van der Waals surface area contributed by atoms with Crippen molar-refractivity contribution >= 4 is 17.7 Å². The van der Waals surface area contributed by atoms with E-state index in [0.717, 1.165) is 11.6 Å². The van der Waals surface area contributed by atoms with Gasteiger partial charge < -0.3 is 9.80 Å². The highest BCUT2D eigenvalue weighted by atomic mass is 19.4. The molecule has 3 rings (SSSR count). The van der Waals surface area contributed by atoms with E-state index >= 15 is 0 Å². The van der Waals surface area contributed by atoms with Crippen molar-refractivity contribution in [3.63, 3.8) is 0 Å². The molecule has 2 amide bonds. The fraction of sp³-hybridized carbons (Fsp3) is 0.353. The van der Waals surface area contributed by atoms with Crippen molar-refractivity contribution in [3.8, 4) is 0 Å². The highest BCUT2D eigenvalue weighted by molar-refractivity contribution is 5.88. The van der Waals surface area contributed by atoms with Gasteiger partial charge in [-0.2, -0.15) is 13.2 Å². The Kier molecular flexibility index (Phi) is 4.97. The number of hydrogen-bond donors (Lipinski definition) is 1. The van der Waals surface area contributed by atoms with Crippen LogP contribution in [0.25, 0.3) is 0 Å². The Hall–Kier alpha value is -2.84. The number of rotatable bonds is 2. The summed E-state index contributed by atoms with van der Waals surface area (Å²) < 4.78 is 39.4. The Morgan fingerprint density at radius 3 is 2.46 bits per heavy atom. The number of pyridine rings is 2. The summed E-state index contributed by atoms with van der Waals surface area (Å²) in [5.74, 6) is 0.340. The molecule has 138 valence electrons. The molecule has 6 nitrogen and oxygen atoms in total. The average Bonchev–Trinajstić information content (AvgIpc) is 2.63. The lowest BCUT2D eigenvalue weighted by Gasteiger charge is -2.36. The summed E-state index contributed by atoms with van der Waals surface area (Å²) in [6.07, 6.45) is -1.48. The number of halogens is 3. The van der Waals surface area contributed by atoms with Crippen molar-refractivity contribution in [2.45, 2.75) is 13.1 Å². The largest absolute Gasteiger partial charge is 0.419 e. The van der Waals surface area contributed by atoms with Gasteiger partial charge in [-0.15, -0.1) is 0 Å². The van der Waals surface area contributed by atoms with E-state index in [0.29, 0.717) is 18.9 Å². The van der Waals surface area contributed by atoms with Gasteiger partial charge in [0.25, 0.3) is 0 Å². The number of aromatic nitrogens is 2. The maximum Gasteiger partial charge on any atom is 0.419 e. The number of aryl methyl sites for hydroxylation is 1. The summed E-state index contributed by atoms with van der Waals surface area (Å²) in [5.41, 5.74) is 0.217. The van der Waals surface area contributed by atoms with Crippen LogP contribution >= 0.6 is 0 Å². The molecule has 1 fully saturated rings. The monoisotopic (exact) mass is 365 g/mol. The van der Waals surface area contributed by atoms with E-state index in [1.54, 1.807) is 22.1 Å². The van der Waals surface area contributed by atoms with Crippen LogP contribution in [0.2, 0.25) is 0 Å². The first-order valence-electron chi connectivity index (χ1n) is 8.10. The SMILES string of the molecule is Cc1ccc(NC(=O)N2CCN(c3ncccc3C(F)(F)F)CC2)nc1. The molecule has 9 heteroatoms. The second-order valence-corrected chi connectivity index (χ2v) is 6.00. The Bertz CT molecular complexity index is 771. The normalized spacial score (nSPS) is 15.1. The number of carbonyl (C=O) groups excluding carboxylic acids is 1. The predicted octanol–water partition coefficient (Wildman–Crippen LogP) is 3.16. The lowest BCUT2D eigenvalue weighted by Crippen LogP contribution is -2.50. The average molecular weight is 365 g/mol. The number of anilines is 2. The zero-order valence-electron chi connectivity index (χ0n) is 14.1. The van der Waals surface area contributed by atoms with E-state index in [-0.39, 0.29) is 24.9 Å². The van der Waals surface area contributed by atoms with Crippen LogP contribution in [-0.4, -0.2) is 47.1 Å². The van der Waals surface area contributed by atoms with Crippen LogP contribution < -0.4 is 10.2 Å². The molecule has 0 spiro atoms. The second-order valence-electron chi connectivity index (χ2n) is 6.00. The third-order valence-corrected chi connectivity index (χ3v) is 4.10. The Labute approximate surface area is 148 Å². The van der Waals surface area contributed by atoms with Crippen molar-refractivity contribution in [2.24, 2.45) is 0 Å². The number of amides is 2. The van der Waals surface area contributed by atoms with Crippen molar-refractivity contribution in [1.82, 2.24) is 14.9 Å². The fourth-order valence-corrected chi connectivity index (χ4v) is 2.72. The topological polar surface area (TPSA) is 61.4 Å². The first-order chi connectivity index (χ1) is 12.3. The zero-order chi connectivity index (χ0) is 18.7. The van der Waals surface area contributed by atoms with Gasteiger partial charge in [0.2, 0.25) is 0 Å².